The van der Waals surface area contributed by atoms with Crippen LogP contribution in [0.1, 0.15) is 17.5 Å². The summed E-state index contributed by atoms with van der Waals surface area (Å²) in [6, 6.07) is 12.7. The van der Waals surface area contributed by atoms with Crippen LogP contribution in [0.4, 0.5) is 11.4 Å². The lowest BCUT2D eigenvalue weighted by atomic mass is 10.0. The van der Waals surface area contributed by atoms with Crippen molar-refractivity contribution in [2.24, 2.45) is 0 Å². The second-order valence-corrected chi connectivity index (χ2v) is 5.76. The molecule has 7 heteroatoms. The van der Waals surface area contributed by atoms with Gasteiger partial charge < -0.3 is 15.6 Å². The van der Waals surface area contributed by atoms with Crippen molar-refractivity contribution in [2.45, 2.75) is 12.8 Å². The number of benzene rings is 2. The van der Waals surface area contributed by atoms with E-state index in [9.17, 15) is 4.79 Å². The zero-order valence-corrected chi connectivity index (χ0v) is 13.1. The molecule has 0 saturated carbocycles. The van der Waals surface area contributed by atoms with Crippen molar-refractivity contribution >= 4 is 17.3 Å². The highest BCUT2D eigenvalue weighted by molar-refractivity contribution is 5.94. The highest BCUT2D eigenvalue weighted by atomic mass is 16.5. The minimum atomic E-state index is 0.0266. The lowest BCUT2D eigenvalue weighted by Gasteiger charge is -2.16. The molecule has 1 aromatic heterocycles. The molecule has 0 bridgehead atoms. The third-order valence-corrected chi connectivity index (χ3v) is 4.11. The lowest BCUT2D eigenvalue weighted by Crippen LogP contribution is -2.18. The van der Waals surface area contributed by atoms with Crippen LogP contribution in [0.3, 0.4) is 0 Å². The standard InChI is InChI=1S/C18H13N5O2/c19-9-13-8-12(1-4-14(13)20)18-22-17(23-25-18)11-2-5-15-10(7-11)3-6-16(24)21-15/h1-2,4-5,7-8H,3,6,20H2,(H,21,24). The van der Waals surface area contributed by atoms with Crippen LogP contribution in [0.2, 0.25) is 0 Å². The van der Waals surface area contributed by atoms with Crippen LogP contribution < -0.4 is 11.1 Å². The summed E-state index contributed by atoms with van der Waals surface area (Å²) in [5, 5.41) is 15.9. The molecule has 0 unspecified atom stereocenters. The highest BCUT2D eigenvalue weighted by Gasteiger charge is 2.17. The van der Waals surface area contributed by atoms with Crippen LogP contribution in [0, 0.1) is 11.3 Å². The maximum absolute atomic E-state index is 11.4. The van der Waals surface area contributed by atoms with Gasteiger partial charge in [-0.1, -0.05) is 5.16 Å². The maximum atomic E-state index is 11.4. The minimum Gasteiger partial charge on any atom is -0.398 e. The maximum Gasteiger partial charge on any atom is 0.258 e. The van der Waals surface area contributed by atoms with E-state index in [0.717, 1.165) is 16.8 Å². The summed E-state index contributed by atoms with van der Waals surface area (Å²) in [7, 11) is 0. The predicted molar refractivity (Wildman–Crippen MR) is 91.2 cm³/mol. The number of nitrogen functional groups attached to an aromatic ring is 1. The van der Waals surface area contributed by atoms with E-state index in [1.807, 2.05) is 24.3 Å². The molecule has 0 fully saturated rings. The Kier molecular flexibility index (Phi) is 3.43. The number of nitrogens with zero attached hydrogens (tertiary/aromatic N) is 3. The Hall–Kier alpha value is -3.66. The SMILES string of the molecule is N#Cc1cc(-c2nc(-c3ccc4c(c3)CCC(=O)N4)no2)ccc1N. The van der Waals surface area contributed by atoms with Crippen LogP contribution in [0.15, 0.2) is 40.9 Å². The molecule has 4 rings (SSSR count). The summed E-state index contributed by atoms with van der Waals surface area (Å²) in [5.74, 6) is 0.793. The Morgan fingerprint density at radius 2 is 2.00 bits per heavy atom. The number of amides is 1. The van der Waals surface area contributed by atoms with Crippen molar-refractivity contribution in [3.05, 3.63) is 47.5 Å². The fraction of sp³-hybridized carbons (Fsp3) is 0.111. The van der Waals surface area contributed by atoms with Gasteiger partial charge >= 0.3 is 0 Å². The molecule has 0 aliphatic carbocycles. The van der Waals surface area contributed by atoms with Gasteiger partial charge in [-0.3, -0.25) is 4.79 Å². The summed E-state index contributed by atoms with van der Waals surface area (Å²) in [6.07, 6.45) is 1.15. The van der Waals surface area contributed by atoms with Crippen LogP contribution >= 0.6 is 0 Å². The summed E-state index contributed by atoms with van der Waals surface area (Å²) >= 11 is 0. The average molecular weight is 331 g/mol. The van der Waals surface area contributed by atoms with E-state index < -0.39 is 0 Å². The molecular formula is C18H13N5O2. The molecule has 0 saturated heterocycles. The van der Waals surface area contributed by atoms with Crippen molar-refractivity contribution in [1.82, 2.24) is 10.1 Å². The van der Waals surface area contributed by atoms with E-state index >= 15 is 0 Å². The molecule has 0 radical (unpaired) electrons. The minimum absolute atomic E-state index is 0.0266. The fourth-order valence-electron chi connectivity index (χ4n) is 2.77. The van der Waals surface area contributed by atoms with Crippen molar-refractivity contribution in [3.8, 4) is 28.9 Å². The van der Waals surface area contributed by atoms with Gasteiger partial charge in [0.1, 0.15) is 6.07 Å². The van der Waals surface area contributed by atoms with Crippen LogP contribution in [-0.4, -0.2) is 16.0 Å². The van der Waals surface area contributed by atoms with Crippen molar-refractivity contribution in [1.29, 1.82) is 5.26 Å². The number of nitriles is 1. The number of nitrogens with one attached hydrogen (secondary N) is 1. The Labute approximate surface area is 143 Å². The van der Waals surface area contributed by atoms with Gasteiger partial charge in [-0.2, -0.15) is 10.2 Å². The second-order valence-electron chi connectivity index (χ2n) is 5.76. The highest BCUT2D eigenvalue weighted by Crippen LogP contribution is 2.29. The fourth-order valence-corrected chi connectivity index (χ4v) is 2.77. The molecule has 0 spiro atoms. The van der Waals surface area contributed by atoms with Crippen molar-refractivity contribution in [2.75, 3.05) is 11.1 Å². The summed E-state index contributed by atoms with van der Waals surface area (Å²) in [5.41, 5.74) is 9.80. The second kappa shape index (κ2) is 5.76. The third kappa shape index (κ3) is 2.70. The van der Waals surface area contributed by atoms with Gasteiger partial charge in [0.2, 0.25) is 11.7 Å². The molecule has 25 heavy (non-hydrogen) atoms. The summed E-state index contributed by atoms with van der Waals surface area (Å²) in [6.45, 7) is 0. The first kappa shape index (κ1) is 14.9. The van der Waals surface area contributed by atoms with E-state index in [0.29, 0.717) is 41.4 Å². The smallest absolute Gasteiger partial charge is 0.258 e. The summed E-state index contributed by atoms with van der Waals surface area (Å²) < 4.78 is 5.32. The van der Waals surface area contributed by atoms with Crippen LogP contribution in [0.5, 0.6) is 0 Å². The first-order chi connectivity index (χ1) is 12.1. The lowest BCUT2D eigenvalue weighted by molar-refractivity contribution is -0.116. The van der Waals surface area contributed by atoms with Gasteiger partial charge in [0.25, 0.3) is 5.89 Å². The number of fused-ring (bicyclic) bond motifs is 1. The van der Waals surface area contributed by atoms with E-state index in [4.69, 9.17) is 15.5 Å². The quantitative estimate of drug-likeness (QED) is 0.697. The van der Waals surface area contributed by atoms with Gasteiger partial charge in [0.15, 0.2) is 0 Å². The number of aryl methyl sites for hydroxylation is 1. The molecule has 1 amide bonds. The van der Waals surface area contributed by atoms with Gasteiger partial charge in [0.05, 0.1) is 5.56 Å². The van der Waals surface area contributed by atoms with Gasteiger partial charge in [-0.15, -0.1) is 0 Å². The average Bonchev–Trinajstić information content (AvgIpc) is 3.12. The Bertz CT molecular complexity index is 1030. The van der Waals surface area contributed by atoms with Gasteiger partial charge in [-0.05, 0) is 48.4 Å². The monoisotopic (exact) mass is 331 g/mol. The number of hydrogen-bond donors (Lipinski definition) is 2. The molecular weight excluding hydrogens is 318 g/mol. The molecule has 7 nitrogen and oxygen atoms in total. The molecule has 1 aliphatic rings. The van der Waals surface area contributed by atoms with E-state index in [2.05, 4.69) is 15.5 Å². The zero-order valence-electron chi connectivity index (χ0n) is 13.1. The Morgan fingerprint density at radius 3 is 2.84 bits per heavy atom. The number of carbonyl (C=O) groups is 1. The molecule has 2 heterocycles. The number of nitrogens with two attached hydrogens (primary N) is 1. The molecule has 0 atom stereocenters. The molecule has 122 valence electrons. The third-order valence-electron chi connectivity index (χ3n) is 4.11. The normalized spacial score (nSPS) is 13.0. The Morgan fingerprint density at radius 1 is 1.16 bits per heavy atom. The number of anilines is 2. The number of aromatic nitrogens is 2. The number of rotatable bonds is 2. The first-order valence-corrected chi connectivity index (χ1v) is 7.71. The number of carbonyl (C=O) groups excluding carboxylic acids is 1. The Balaban J connectivity index is 1.68. The topological polar surface area (TPSA) is 118 Å². The number of hydrogen-bond acceptors (Lipinski definition) is 6. The van der Waals surface area contributed by atoms with Crippen molar-refractivity contribution in [3.63, 3.8) is 0 Å². The van der Waals surface area contributed by atoms with Crippen molar-refractivity contribution < 1.29 is 9.32 Å². The van der Waals surface area contributed by atoms with Gasteiger partial charge in [0, 0.05) is 28.9 Å². The van der Waals surface area contributed by atoms with E-state index in [1.54, 1.807) is 18.2 Å². The predicted octanol–water partition coefficient (Wildman–Crippen LogP) is 2.74. The molecule has 3 aromatic rings. The van der Waals surface area contributed by atoms with E-state index in [-0.39, 0.29) is 5.91 Å². The molecule has 2 aromatic carbocycles. The van der Waals surface area contributed by atoms with Crippen LogP contribution in [-0.2, 0) is 11.2 Å². The molecule has 3 N–H and O–H groups in total. The zero-order chi connectivity index (χ0) is 17.4. The molecule has 1 aliphatic heterocycles. The first-order valence-electron chi connectivity index (χ1n) is 7.71. The van der Waals surface area contributed by atoms with Crippen LogP contribution in [0.25, 0.3) is 22.8 Å². The summed E-state index contributed by atoms with van der Waals surface area (Å²) in [4.78, 5) is 15.8. The van der Waals surface area contributed by atoms with E-state index in [1.165, 1.54) is 0 Å². The van der Waals surface area contributed by atoms with Gasteiger partial charge in [-0.25, -0.2) is 0 Å². The largest absolute Gasteiger partial charge is 0.398 e.